The van der Waals surface area contributed by atoms with Crippen LogP contribution in [0.4, 0.5) is 5.69 Å². The van der Waals surface area contributed by atoms with Crippen molar-refractivity contribution in [2.75, 3.05) is 17.9 Å². The largest absolute Gasteiger partial charge is 0.493 e. The molecule has 3 aromatic rings. The fourth-order valence-corrected chi connectivity index (χ4v) is 5.59. The van der Waals surface area contributed by atoms with E-state index in [1.807, 2.05) is 45.0 Å². The summed E-state index contributed by atoms with van der Waals surface area (Å²) in [5, 5.41) is 1.69. The molecule has 32 heavy (non-hydrogen) atoms. The Morgan fingerprint density at radius 3 is 2.72 bits per heavy atom. The van der Waals surface area contributed by atoms with Gasteiger partial charge in [0.15, 0.2) is 0 Å². The molecule has 0 bridgehead atoms. The molecule has 2 aromatic carbocycles. The molecule has 0 unspecified atom stereocenters. The van der Waals surface area contributed by atoms with Crippen molar-refractivity contribution in [2.45, 2.75) is 37.7 Å². The van der Waals surface area contributed by atoms with Crippen molar-refractivity contribution in [2.24, 2.45) is 0 Å². The van der Waals surface area contributed by atoms with Gasteiger partial charge in [-0.1, -0.05) is 24.3 Å². The fraction of sp³-hybridized carbons (Fsp3) is 0.292. The first-order chi connectivity index (χ1) is 15.1. The molecular weight excluding hydrogens is 446 g/mol. The van der Waals surface area contributed by atoms with Gasteiger partial charge < -0.3 is 9.47 Å². The van der Waals surface area contributed by atoms with E-state index in [4.69, 9.17) is 9.47 Å². The van der Waals surface area contributed by atoms with Crippen LogP contribution in [0.2, 0.25) is 0 Å². The number of fused-ring (bicyclic) bond motifs is 1. The van der Waals surface area contributed by atoms with Crippen molar-refractivity contribution < 1.29 is 22.7 Å². The summed E-state index contributed by atoms with van der Waals surface area (Å²) in [7, 11) is -3.94. The van der Waals surface area contributed by atoms with E-state index in [1.54, 1.807) is 29.6 Å². The third kappa shape index (κ3) is 4.87. The van der Waals surface area contributed by atoms with Crippen LogP contribution in [0, 0.1) is 0 Å². The van der Waals surface area contributed by atoms with Gasteiger partial charge in [-0.2, -0.15) is 0 Å². The Balaban J connectivity index is 1.63. The first-order valence-corrected chi connectivity index (χ1v) is 12.6. The van der Waals surface area contributed by atoms with E-state index < -0.39 is 15.6 Å². The van der Waals surface area contributed by atoms with E-state index in [2.05, 4.69) is 4.72 Å². The summed E-state index contributed by atoms with van der Waals surface area (Å²) < 4.78 is 40.4. The molecule has 2 heterocycles. The molecule has 6 nitrogen and oxygen atoms in total. The monoisotopic (exact) mass is 471 g/mol. The van der Waals surface area contributed by atoms with Crippen molar-refractivity contribution in [1.82, 2.24) is 0 Å². The van der Waals surface area contributed by atoms with Gasteiger partial charge >= 0.3 is 0 Å². The van der Waals surface area contributed by atoms with Crippen LogP contribution >= 0.6 is 11.3 Å². The maximum Gasteiger partial charge on any atom is 0.262 e. The van der Waals surface area contributed by atoms with Gasteiger partial charge in [0.05, 0.1) is 27.7 Å². The van der Waals surface area contributed by atoms with Crippen molar-refractivity contribution in [1.29, 1.82) is 0 Å². The van der Waals surface area contributed by atoms with Gasteiger partial charge in [0.25, 0.3) is 10.0 Å². The van der Waals surface area contributed by atoms with Crippen LogP contribution in [-0.2, 0) is 21.2 Å². The van der Waals surface area contributed by atoms with E-state index in [1.165, 1.54) is 11.3 Å². The number of Topliss-reactive ketones (excluding diaryl/α,β-unsaturated/α-hetero) is 1. The molecule has 1 aliphatic heterocycles. The summed E-state index contributed by atoms with van der Waals surface area (Å²) in [4.78, 5) is 13.1. The lowest BCUT2D eigenvalue weighted by Gasteiger charge is -2.19. The molecule has 1 aliphatic rings. The van der Waals surface area contributed by atoms with Crippen LogP contribution in [0.1, 0.15) is 36.0 Å². The molecule has 1 N–H and O–H groups in total. The minimum atomic E-state index is -3.94. The Hall–Kier alpha value is -2.68. The van der Waals surface area contributed by atoms with Crippen molar-refractivity contribution >= 4 is 32.8 Å². The van der Waals surface area contributed by atoms with Gasteiger partial charge in [0, 0.05) is 12.0 Å². The number of hydrogen-bond donors (Lipinski definition) is 1. The molecule has 0 atom stereocenters. The first kappa shape index (κ1) is 22.5. The molecule has 0 amide bonds. The number of nitrogens with one attached hydrogen (secondary N) is 1. The lowest BCUT2D eigenvalue weighted by Crippen LogP contribution is -2.24. The predicted octanol–water partition coefficient (Wildman–Crippen LogP) is 5.15. The highest BCUT2D eigenvalue weighted by atomic mass is 32.2. The second-order valence-electron chi connectivity index (χ2n) is 8.51. The Labute approximate surface area is 192 Å². The molecule has 168 valence electrons. The number of sulfonamides is 1. The summed E-state index contributed by atoms with van der Waals surface area (Å²) >= 11 is 1.19. The highest BCUT2D eigenvalue weighted by Crippen LogP contribution is 2.35. The van der Waals surface area contributed by atoms with E-state index >= 15 is 0 Å². The quantitative estimate of drug-likeness (QED) is 0.482. The first-order valence-electron chi connectivity index (χ1n) is 10.3. The van der Waals surface area contributed by atoms with E-state index in [-0.39, 0.29) is 23.0 Å². The summed E-state index contributed by atoms with van der Waals surface area (Å²) in [5.41, 5.74) is 2.25. The molecular formula is C24H25NO5S2. The van der Waals surface area contributed by atoms with Crippen molar-refractivity contribution in [3.05, 3.63) is 64.4 Å². The highest BCUT2D eigenvalue weighted by molar-refractivity contribution is 7.92. The Morgan fingerprint density at radius 1 is 1.16 bits per heavy atom. The zero-order valence-corrected chi connectivity index (χ0v) is 19.8. The fourth-order valence-electron chi connectivity index (χ4n) is 3.45. The number of carbonyl (C=O) groups excluding carboxylic acids is 1. The number of benzene rings is 2. The number of anilines is 1. The van der Waals surface area contributed by atoms with E-state index in [0.717, 1.165) is 23.3 Å². The van der Waals surface area contributed by atoms with Crippen LogP contribution in [0.5, 0.6) is 5.75 Å². The van der Waals surface area contributed by atoms with Gasteiger partial charge in [0.1, 0.15) is 12.4 Å². The number of ether oxygens (including phenoxy) is 2. The Kier molecular flexibility index (Phi) is 6.11. The number of ketones is 1. The maximum atomic E-state index is 13.3. The maximum absolute atomic E-state index is 13.3. The molecule has 8 heteroatoms. The Morgan fingerprint density at radius 2 is 1.94 bits per heavy atom. The standard InChI is InChI=1S/C24H25NO5S2/c1-24(2,3)30-15-20(26)23-19(11-13-31-23)25-32(27,28)22-7-5-4-6-18(22)16-8-9-21-17(14-16)10-12-29-21/h4-9,11,13-14,25H,10,12,15H2,1-3H3. The van der Waals surface area contributed by atoms with Gasteiger partial charge in [-0.05, 0) is 61.5 Å². The van der Waals surface area contributed by atoms with Crippen LogP contribution in [0.3, 0.4) is 0 Å². The molecule has 4 rings (SSSR count). The van der Waals surface area contributed by atoms with Gasteiger partial charge in [-0.15, -0.1) is 11.3 Å². The minimum absolute atomic E-state index is 0.119. The zero-order chi connectivity index (χ0) is 22.9. The van der Waals surface area contributed by atoms with Gasteiger partial charge in [-0.25, -0.2) is 8.42 Å². The van der Waals surface area contributed by atoms with Crippen molar-refractivity contribution in [3.8, 4) is 16.9 Å². The Bertz CT molecular complexity index is 1260. The SMILES string of the molecule is CC(C)(C)OCC(=O)c1sccc1NS(=O)(=O)c1ccccc1-c1ccc2c(c1)CCO2. The number of hydrogen-bond acceptors (Lipinski definition) is 6. The van der Waals surface area contributed by atoms with Crippen molar-refractivity contribution in [3.63, 3.8) is 0 Å². The topological polar surface area (TPSA) is 81.7 Å². The summed E-state index contributed by atoms with van der Waals surface area (Å²) in [6, 6.07) is 14.1. The molecule has 0 saturated carbocycles. The zero-order valence-electron chi connectivity index (χ0n) is 18.2. The molecule has 0 aliphatic carbocycles. The molecule has 0 spiro atoms. The molecule has 1 aromatic heterocycles. The van der Waals surface area contributed by atoms with Crippen LogP contribution in [0.25, 0.3) is 11.1 Å². The predicted molar refractivity (Wildman–Crippen MR) is 126 cm³/mol. The molecule has 0 radical (unpaired) electrons. The van der Waals surface area contributed by atoms with E-state index in [0.29, 0.717) is 17.0 Å². The summed E-state index contributed by atoms with van der Waals surface area (Å²) in [6.07, 6.45) is 0.799. The third-order valence-electron chi connectivity index (χ3n) is 4.98. The van der Waals surface area contributed by atoms with Crippen LogP contribution in [0.15, 0.2) is 58.8 Å². The lowest BCUT2D eigenvalue weighted by atomic mass is 10.0. The summed E-state index contributed by atoms with van der Waals surface area (Å²) in [6.45, 7) is 6.10. The average molecular weight is 472 g/mol. The van der Waals surface area contributed by atoms with Gasteiger partial charge in [-0.3, -0.25) is 9.52 Å². The van der Waals surface area contributed by atoms with Gasteiger partial charge in [0.2, 0.25) is 5.78 Å². The normalized spacial score (nSPS) is 13.5. The van der Waals surface area contributed by atoms with Crippen LogP contribution < -0.4 is 9.46 Å². The van der Waals surface area contributed by atoms with E-state index in [9.17, 15) is 13.2 Å². The number of thiophene rings is 1. The lowest BCUT2D eigenvalue weighted by molar-refractivity contribution is 0.00326. The second-order valence-corrected chi connectivity index (χ2v) is 11.1. The highest BCUT2D eigenvalue weighted by Gasteiger charge is 2.24. The minimum Gasteiger partial charge on any atom is -0.493 e. The average Bonchev–Trinajstić information content (AvgIpc) is 3.40. The molecule has 0 saturated heterocycles. The second kappa shape index (κ2) is 8.69. The smallest absolute Gasteiger partial charge is 0.262 e. The molecule has 0 fully saturated rings. The van der Waals surface area contributed by atoms with Crippen LogP contribution in [-0.4, -0.2) is 33.0 Å². The number of carbonyl (C=O) groups is 1. The summed E-state index contributed by atoms with van der Waals surface area (Å²) in [5.74, 6) is 0.575. The number of rotatable bonds is 7. The third-order valence-corrected chi connectivity index (χ3v) is 7.36.